The number of benzene rings is 1. The van der Waals surface area contributed by atoms with Crippen molar-refractivity contribution in [3.8, 4) is 5.75 Å². The summed E-state index contributed by atoms with van der Waals surface area (Å²) in [6.45, 7) is 5.72. The van der Waals surface area contributed by atoms with Crippen molar-refractivity contribution in [1.82, 2.24) is 14.8 Å². The van der Waals surface area contributed by atoms with Gasteiger partial charge in [0.25, 0.3) is 0 Å². The molecule has 238 valence electrons. The molecule has 2 aliphatic heterocycles. The van der Waals surface area contributed by atoms with Crippen LogP contribution in [0.1, 0.15) is 86.7 Å². The van der Waals surface area contributed by atoms with Gasteiger partial charge in [-0.05, 0) is 80.3 Å². The van der Waals surface area contributed by atoms with E-state index in [9.17, 15) is 27.5 Å². The van der Waals surface area contributed by atoms with E-state index >= 15 is 0 Å². The largest absolute Gasteiger partial charge is 0.493 e. The molecule has 2 atom stereocenters. The number of nitrogens with one attached hydrogen (secondary N) is 1. The highest BCUT2D eigenvalue weighted by molar-refractivity contribution is 5.77. The second-order valence-electron chi connectivity index (χ2n) is 12.0. The first-order valence-electron chi connectivity index (χ1n) is 15.3. The molecule has 0 aliphatic carbocycles. The molecule has 1 unspecified atom stereocenters. The molecule has 1 aromatic carbocycles. The number of halogens is 4. The van der Waals surface area contributed by atoms with Gasteiger partial charge in [0.15, 0.2) is 11.6 Å². The smallest absolute Gasteiger partial charge is 0.390 e. The van der Waals surface area contributed by atoms with Crippen LogP contribution in [0, 0.1) is 5.82 Å². The van der Waals surface area contributed by atoms with E-state index in [1.807, 2.05) is 18.7 Å². The van der Waals surface area contributed by atoms with Gasteiger partial charge in [-0.1, -0.05) is 26.3 Å². The number of methoxy groups -OCH3 is 1. The number of aliphatic carboxylic acids is 1. The number of rotatable bonds is 14. The van der Waals surface area contributed by atoms with Crippen molar-refractivity contribution in [3.63, 3.8) is 0 Å². The zero-order valence-electron chi connectivity index (χ0n) is 25.4. The van der Waals surface area contributed by atoms with Gasteiger partial charge < -0.3 is 15.2 Å². The Hall–Kier alpha value is -2.92. The minimum absolute atomic E-state index is 0.0301. The molecule has 0 saturated carbocycles. The number of aryl methyl sites for hydroxylation is 2. The van der Waals surface area contributed by atoms with E-state index in [2.05, 4.69) is 17.4 Å². The Morgan fingerprint density at radius 1 is 1.21 bits per heavy atom. The standard InChI is InChI=1S/C32H44F4N4O3/c1-21(2)23-18-26(29(43-3)27(33)19-23)28(31(41)42)40-16-12-25(20-40)39(17-13-32(34,35)36)15-6-4-5-9-24-11-10-22-8-7-14-37-30(22)38-24/h10-11,18-19,21,25,28H,4-9,12-17,20H2,1-3H3,(H,37,38)(H,41,42)/t25-,28?/m1/s1. The number of alkyl halides is 3. The van der Waals surface area contributed by atoms with Crippen LogP contribution < -0.4 is 10.1 Å². The summed E-state index contributed by atoms with van der Waals surface area (Å²) in [4.78, 5) is 20.8. The van der Waals surface area contributed by atoms with Gasteiger partial charge in [-0.25, -0.2) is 9.37 Å². The summed E-state index contributed by atoms with van der Waals surface area (Å²) in [5, 5.41) is 13.6. The van der Waals surface area contributed by atoms with E-state index in [-0.39, 0.29) is 36.4 Å². The summed E-state index contributed by atoms with van der Waals surface area (Å²) in [6.07, 6.45) is 0.731. The van der Waals surface area contributed by atoms with Crippen LogP contribution in [-0.4, -0.2) is 77.9 Å². The van der Waals surface area contributed by atoms with Gasteiger partial charge in [0.1, 0.15) is 11.9 Å². The quantitative estimate of drug-likeness (QED) is 0.185. The molecule has 7 nitrogen and oxygen atoms in total. The highest BCUT2D eigenvalue weighted by Gasteiger charge is 2.39. The maximum atomic E-state index is 14.9. The molecule has 1 saturated heterocycles. The number of anilines is 1. The van der Waals surface area contributed by atoms with Crippen molar-refractivity contribution in [2.75, 3.05) is 45.2 Å². The molecule has 0 spiro atoms. The molecule has 2 aliphatic rings. The van der Waals surface area contributed by atoms with Gasteiger partial charge in [0.2, 0.25) is 0 Å². The lowest BCUT2D eigenvalue weighted by atomic mass is 9.95. The highest BCUT2D eigenvalue weighted by atomic mass is 19.4. The van der Waals surface area contributed by atoms with Crippen LogP contribution in [-0.2, 0) is 17.6 Å². The molecule has 0 amide bonds. The summed E-state index contributed by atoms with van der Waals surface area (Å²) >= 11 is 0. The molecule has 0 bridgehead atoms. The van der Waals surface area contributed by atoms with Crippen molar-refractivity contribution in [1.29, 1.82) is 0 Å². The first-order chi connectivity index (χ1) is 20.5. The predicted octanol–water partition coefficient (Wildman–Crippen LogP) is 6.58. The number of carboxylic acid groups (broad SMARTS) is 1. The SMILES string of the molecule is COc1c(F)cc(C(C)C)cc1C(C(=O)O)N1CC[C@@H](N(CCCCCc2ccc3c(n2)NCCC3)CCC(F)(F)F)C1. The number of carboxylic acids is 1. The average molecular weight is 609 g/mol. The fourth-order valence-electron chi connectivity index (χ4n) is 6.23. The fourth-order valence-corrected chi connectivity index (χ4v) is 6.23. The Labute approximate surface area is 251 Å². The van der Waals surface area contributed by atoms with Crippen molar-refractivity contribution in [2.24, 2.45) is 0 Å². The van der Waals surface area contributed by atoms with Gasteiger partial charge >= 0.3 is 12.1 Å². The molecule has 4 rings (SSSR count). The minimum Gasteiger partial charge on any atom is -0.493 e. The van der Waals surface area contributed by atoms with Crippen molar-refractivity contribution < 1.29 is 32.2 Å². The number of aromatic nitrogens is 1. The summed E-state index contributed by atoms with van der Waals surface area (Å²) < 4.78 is 59.9. The van der Waals surface area contributed by atoms with E-state index in [4.69, 9.17) is 9.72 Å². The Kier molecular flexibility index (Phi) is 11.3. The first kappa shape index (κ1) is 33.0. The third-order valence-corrected chi connectivity index (χ3v) is 8.58. The number of carbonyl (C=O) groups is 1. The zero-order valence-corrected chi connectivity index (χ0v) is 25.4. The summed E-state index contributed by atoms with van der Waals surface area (Å²) in [5.74, 6) is -0.953. The van der Waals surface area contributed by atoms with E-state index in [0.717, 1.165) is 56.6 Å². The van der Waals surface area contributed by atoms with Crippen LogP contribution in [0.25, 0.3) is 0 Å². The third-order valence-electron chi connectivity index (χ3n) is 8.58. The Morgan fingerprint density at radius 3 is 2.70 bits per heavy atom. The third kappa shape index (κ3) is 8.81. The molecular weight excluding hydrogens is 564 g/mol. The number of hydrogen-bond donors (Lipinski definition) is 2. The Morgan fingerprint density at radius 2 is 2.00 bits per heavy atom. The number of unbranched alkanes of at least 4 members (excludes halogenated alkanes) is 2. The normalized spacial score (nSPS) is 18.1. The lowest BCUT2D eigenvalue weighted by molar-refractivity contribution is -0.143. The van der Waals surface area contributed by atoms with Crippen LogP contribution in [0.15, 0.2) is 24.3 Å². The van der Waals surface area contributed by atoms with Gasteiger partial charge in [0, 0.05) is 43.5 Å². The molecule has 3 heterocycles. The molecular formula is C32H44F4N4O3. The van der Waals surface area contributed by atoms with Crippen LogP contribution in [0.3, 0.4) is 0 Å². The Balaban J connectivity index is 1.40. The average Bonchev–Trinajstić information content (AvgIpc) is 3.42. The van der Waals surface area contributed by atoms with Gasteiger partial charge in [0.05, 0.1) is 13.5 Å². The zero-order chi connectivity index (χ0) is 31.1. The van der Waals surface area contributed by atoms with E-state index < -0.39 is 30.4 Å². The van der Waals surface area contributed by atoms with Gasteiger partial charge in [-0.2, -0.15) is 13.2 Å². The lowest BCUT2D eigenvalue weighted by Crippen LogP contribution is -2.41. The molecule has 2 N–H and O–H groups in total. The van der Waals surface area contributed by atoms with Gasteiger partial charge in [-0.15, -0.1) is 0 Å². The molecule has 1 fully saturated rings. The maximum Gasteiger partial charge on any atom is 0.390 e. The van der Waals surface area contributed by atoms with Crippen LogP contribution >= 0.6 is 0 Å². The summed E-state index contributed by atoms with van der Waals surface area (Å²) in [6, 6.07) is 5.81. The number of likely N-dealkylation sites (tertiary alicyclic amines) is 1. The maximum absolute atomic E-state index is 14.9. The Bertz CT molecular complexity index is 1240. The molecule has 43 heavy (non-hydrogen) atoms. The predicted molar refractivity (Wildman–Crippen MR) is 158 cm³/mol. The number of fused-ring (bicyclic) bond motifs is 1. The van der Waals surface area contributed by atoms with Crippen molar-refractivity contribution >= 4 is 11.8 Å². The van der Waals surface area contributed by atoms with Crippen LogP contribution in [0.2, 0.25) is 0 Å². The number of pyridine rings is 1. The second kappa shape index (κ2) is 14.7. The number of nitrogens with zero attached hydrogens (tertiary/aromatic N) is 3. The molecule has 0 radical (unpaired) electrons. The number of ether oxygens (including phenoxy) is 1. The lowest BCUT2D eigenvalue weighted by Gasteiger charge is -2.31. The number of hydrogen-bond acceptors (Lipinski definition) is 6. The van der Waals surface area contributed by atoms with Crippen molar-refractivity contribution in [2.45, 2.75) is 89.4 Å². The fraction of sp³-hybridized carbons (Fsp3) is 0.625. The summed E-state index contributed by atoms with van der Waals surface area (Å²) in [7, 11) is 1.31. The second-order valence-corrected chi connectivity index (χ2v) is 12.0. The van der Waals surface area contributed by atoms with E-state index in [0.29, 0.717) is 25.1 Å². The molecule has 1 aromatic heterocycles. The monoisotopic (exact) mass is 608 g/mol. The van der Waals surface area contributed by atoms with Gasteiger partial charge in [-0.3, -0.25) is 14.6 Å². The minimum atomic E-state index is -4.28. The molecule has 11 heteroatoms. The summed E-state index contributed by atoms with van der Waals surface area (Å²) in [5.41, 5.74) is 3.14. The first-order valence-corrected chi connectivity index (χ1v) is 15.3. The van der Waals surface area contributed by atoms with Crippen LogP contribution in [0.4, 0.5) is 23.4 Å². The van der Waals surface area contributed by atoms with E-state index in [1.54, 1.807) is 11.0 Å². The highest BCUT2D eigenvalue weighted by Crippen LogP contribution is 2.37. The van der Waals surface area contributed by atoms with E-state index in [1.165, 1.54) is 18.7 Å². The van der Waals surface area contributed by atoms with Crippen molar-refractivity contribution in [3.05, 3.63) is 52.5 Å². The molecule has 2 aromatic rings. The topological polar surface area (TPSA) is 77.9 Å². The van der Waals surface area contributed by atoms with Crippen LogP contribution in [0.5, 0.6) is 5.75 Å².